The lowest BCUT2D eigenvalue weighted by molar-refractivity contribution is 0.242. The number of anilines is 2. The molecule has 3 heteroatoms. The zero-order chi connectivity index (χ0) is 12.8. The minimum Gasteiger partial charge on any atom is -0.491 e. The number of ether oxygens (including phenoxy) is 1. The van der Waals surface area contributed by atoms with Gasteiger partial charge < -0.3 is 15.8 Å². The van der Waals surface area contributed by atoms with Gasteiger partial charge in [0.1, 0.15) is 5.75 Å². The molecule has 1 atom stereocenters. The van der Waals surface area contributed by atoms with E-state index in [-0.39, 0.29) is 6.10 Å². The Hall–Kier alpha value is -1.64. The van der Waals surface area contributed by atoms with Crippen LogP contribution in [0.5, 0.6) is 5.75 Å². The van der Waals surface area contributed by atoms with E-state index in [9.17, 15) is 0 Å². The van der Waals surface area contributed by atoms with Crippen molar-refractivity contribution in [1.29, 1.82) is 0 Å². The predicted molar refractivity (Wildman–Crippen MR) is 74.5 cm³/mol. The lowest BCUT2D eigenvalue weighted by Gasteiger charge is -2.16. The average molecular weight is 234 g/mol. The van der Waals surface area contributed by atoms with Crippen LogP contribution in [0.15, 0.2) is 30.9 Å². The summed E-state index contributed by atoms with van der Waals surface area (Å²) in [6, 6.07) is 6.05. The van der Waals surface area contributed by atoms with Crippen molar-refractivity contribution in [1.82, 2.24) is 0 Å². The molecular formula is C14H22N2O. The maximum Gasteiger partial charge on any atom is 0.123 e. The summed E-state index contributed by atoms with van der Waals surface area (Å²) in [6.45, 7) is 9.83. The van der Waals surface area contributed by atoms with E-state index in [1.165, 1.54) is 0 Å². The first-order valence-electron chi connectivity index (χ1n) is 5.96. The third-order valence-electron chi connectivity index (χ3n) is 2.23. The molecule has 0 saturated carbocycles. The summed E-state index contributed by atoms with van der Waals surface area (Å²) in [5.74, 6) is 0.799. The van der Waals surface area contributed by atoms with Crippen molar-refractivity contribution in [3.63, 3.8) is 0 Å². The molecule has 1 aromatic rings. The molecule has 0 radical (unpaired) electrons. The predicted octanol–water partition coefficient (Wildman–Crippen LogP) is 3.43. The van der Waals surface area contributed by atoms with Crippen LogP contribution in [-0.2, 0) is 0 Å². The van der Waals surface area contributed by atoms with E-state index in [1.54, 1.807) is 0 Å². The number of nitrogen functional groups attached to an aromatic ring is 1. The summed E-state index contributed by atoms with van der Waals surface area (Å²) < 4.78 is 5.64. The minimum absolute atomic E-state index is 0.148. The molecule has 0 amide bonds. The zero-order valence-electron chi connectivity index (χ0n) is 10.9. The van der Waals surface area contributed by atoms with Crippen LogP contribution in [0.1, 0.15) is 27.2 Å². The van der Waals surface area contributed by atoms with E-state index in [2.05, 4.69) is 18.8 Å². The maximum atomic E-state index is 5.84. The first-order valence-corrected chi connectivity index (χ1v) is 5.96. The molecule has 0 heterocycles. The second-order valence-corrected chi connectivity index (χ2v) is 4.53. The van der Waals surface area contributed by atoms with Gasteiger partial charge >= 0.3 is 0 Å². The van der Waals surface area contributed by atoms with Crippen LogP contribution < -0.4 is 15.8 Å². The van der Waals surface area contributed by atoms with Crippen LogP contribution in [0.3, 0.4) is 0 Å². The number of hydrogen-bond donors (Lipinski definition) is 2. The fraction of sp³-hybridized carbons (Fsp3) is 0.429. The van der Waals surface area contributed by atoms with Gasteiger partial charge in [-0.05, 0) is 33.3 Å². The molecule has 0 fully saturated rings. The second-order valence-electron chi connectivity index (χ2n) is 4.53. The molecular weight excluding hydrogens is 212 g/mol. The first kappa shape index (κ1) is 13.4. The fourth-order valence-electron chi connectivity index (χ4n) is 1.64. The third-order valence-corrected chi connectivity index (χ3v) is 2.23. The molecule has 94 valence electrons. The zero-order valence-corrected chi connectivity index (χ0v) is 10.9. The van der Waals surface area contributed by atoms with Crippen LogP contribution in [0.2, 0.25) is 0 Å². The van der Waals surface area contributed by atoms with E-state index in [0.29, 0.717) is 11.7 Å². The van der Waals surface area contributed by atoms with Gasteiger partial charge in [0.25, 0.3) is 0 Å². The Morgan fingerprint density at radius 3 is 2.65 bits per heavy atom. The summed E-state index contributed by atoms with van der Waals surface area (Å²) in [4.78, 5) is 0. The average Bonchev–Trinajstić information content (AvgIpc) is 2.14. The lowest BCUT2D eigenvalue weighted by atomic mass is 10.2. The minimum atomic E-state index is 0.148. The van der Waals surface area contributed by atoms with Crippen LogP contribution >= 0.6 is 0 Å². The van der Waals surface area contributed by atoms with E-state index in [0.717, 1.165) is 17.9 Å². The molecule has 0 saturated heterocycles. The highest BCUT2D eigenvalue weighted by Crippen LogP contribution is 2.24. The van der Waals surface area contributed by atoms with Gasteiger partial charge in [-0.25, -0.2) is 0 Å². The monoisotopic (exact) mass is 234 g/mol. The topological polar surface area (TPSA) is 47.3 Å². The summed E-state index contributed by atoms with van der Waals surface area (Å²) in [7, 11) is 0. The number of nitrogens with one attached hydrogen (secondary N) is 1. The van der Waals surface area contributed by atoms with Crippen LogP contribution in [-0.4, -0.2) is 12.1 Å². The molecule has 0 bridgehead atoms. The first-order chi connectivity index (χ1) is 8.01. The number of benzene rings is 1. The number of nitrogens with two attached hydrogens (primary N) is 1. The summed E-state index contributed by atoms with van der Waals surface area (Å²) in [5, 5.41) is 3.37. The molecule has 3 N–H and O–H groups in total. The van der Waals surface area contributed by atoms with Gasteiger partial charge in [0.05, 0.1) is 6.10 Å². The quantitative estimate of drug-likeness (QED) is 0.585. The van der Waals surface area contributed by atoms with Gasteiger partial charge in [-0.3, -0.25) is 0 Å². The van der Waals surface area contributed by atoms with E-state index < -0.39 is 0 Å². The molecule has 17 heavy (non-hydrogen) atoms. The van der Waals surface area contributed by atoms with Gasteiger partial charge in [0.2, 0.25) is 0 Å². The van der Waals surface area contributed by atoms with E-state index >= 15 is 0 Å². The Labute approximate surface area is 104 Å². The Kier molecular flexibility index (Phi) is 4.88. The van der Waals surface area contributed by atoms with Crippen molar-refractivity contribution in [2.45, 2.75) is 39.3 Å². The van der Waals surface area contributed by atoms with Crippen molar-refractivity contribution in [2.75, 3.05) is 11.1 Å². The molecule has 0 aliphatic rings. The number of hydrogen-bond acceptors (Lipinski definition) is 3. The summed E-state index contributed by atoms with van der Waals surface area (Å²) in [6.07, 6.45) is 2.96. The van der Waals surface area contributed by atoms with Crippen molar-refractivity contribution in [2.24, 2.45) is 0 Å². The van der Waals surface area contributed by atoms with Gasteiger partial charge in [-0.1, -0.05) is 6.08 Å². The van der Waals surface area contributed by atoms with Crippen LogP contribution in [0.4, 0.5) is 11.4 Å². The molecule has 1 unspecified atom stereocenters. The Morgan fingerprint density at radius 1 is 1.35 bits per heavy atom. The second kappa shape index (κ2) is 6.18. The molecule has 1 rings (SSSR count). The molecule has 1 aromatic carbocycles. The van der Waals surface area contributed by atoms with Crippen molar-refractivity contribution in [3.8, 4) is 5.75 Å². The highest BCUT2D eigenvalue weighted by molar-refractivity contribution is 5.59. The van der Waals surface area contributed by atoms with Gasteiger partial charge in [-0.15, -0.1) is 6.58 Å². The van der Waals surface area contributed by atoms with E-state index in [1.807, 2.05) is 38.1 Å². The SMILES string of the molecule is C=CCC(C)Nc1cc(N)cc(OC(C)C)c1. The largest absolute Gasteiger partial charge is 0.491 e. The van der Waals surface area contributed by atoms with E-state index in [4.69, 9.17) is 10.5 Å². The molecule has 3 nitrogen and oxygen atoms in total. The normalized spacial score (nSPS) is 12.2. The number of rotatable bonds is 6. The Bertz CT molecular complexity index is 374. The van der Waals surface area contributed by atoms with Gasteiger partial charge in [0.15, 0.2) is 0 Å². The van der Waals surface area contributed by atoms with Crippen LogP contribution in [0.25, 0.3) is 0 Å². The third kappa shape index (κ3) is 4.81. The van der Waals surface area contributed by atoms with Crippen molar-refractivity contribution in [3.05, 3.63) is 30.9 Å². The van der Waals surface area contributed by atoms with Crippen molar-refractivity contribution >= 4 is 11.4 Å². The molecule has 0 aliphatic heterocycles. The maximum absolute atomic E-state index is 5.84. The summed E-state index contributed by atoms with van der Waals surface area (Å²) >= 11 is 0. The van der Waals surface area contributed by atoms with Gasteiger partial charge in [-0.2, -0.15) is 0 Å². The fourth-order valence-corrected chi connectivity index (χ4v) is 1.64. The smallest absolute Gasteiger partial charge is 0.123 e. The lowest BCUT2D eigenvalue weighted by Crippen LogP contribution is -2.14. The van der Waals surface area contributed by atoms with Crippen LogP contribution in [0, 0.1) is 0 Å². The highest BCUT2D eigenvalue weighted by atomic mass is 16.5. The molecule has 0 spiro atoms. The molecule has 0 aromatic heterocycles. The summed E-state index contributed by atoms with van der Waals surface area (Å²) in [5.41, 5.74) is 7.53. The highest BCUT2D eigenvalue weighted by Gasteiger charge is 2.04. The Balaban J connectivity index is 2.78. The van der Waals surface area contributed by atoms with Crippen molar-refractivity contribution < 1.29 is 4.74 Å². The van der Waals surface area contributed by atoms with Gasteiger partial charge in [0, 0.05) is 29.5 Å². The standard InChI is InChI=1S/C14H22N2O/c1-5-6-11(4)16-13-7-12(15)8-14(9-13)17-10(2)3/h5,7-11,16H,1,6,15H2,2-4H3. The Morgan fingerprint density at radius 2 is 2.06 bits per heavy atom. The molecule has 0 aliphatic carbocycles.